The van der Waals surface area contributed by atoms with Crippen molar-refractivity contribution in [2.75, 3.05) is 6.54 Å². The molecule has 1 heterocycles. The van der Waals surface area contributed by atoms with Crippen LogP contribution in [0.5, 0.6) is 11.5 Å². The van der Waals surface area contributed by atoms with Gasteiger partial charge < -0.3 is 25.6 Å². The molecule has 2 aliphatic rings. The molecular formula is C30H29ClF4N2O4. The van der Waals surface area contributed by atoms with Gasteiger partial charge in [-0.25, -0.2) is 8.78 Å². The third kappa shape index (κ3) is 5.60. The number of rotatable bonds is 8. The third-order valence-corrected chi connectivity index (χ3v) is 8.42. The number of nitrogens with one attached hydrogen (secondary N) is 1. The van der Waals surface area contributed by atoms with Gasteiger partial charge in [0, 0.05) is 41.3 Å². The highest BCUT2D eigenvalue weighted by atomic mass is 35.5. The summed E-state index contributed by atoms with van der Waals surface area (Å²) in [6.45, 7) is -1.03. The van der Waals surface area contributed by atoms with E-state index in [0.717, 1.165) is 36.6 Å². The van der Waals surface area contributed by atoms with Crippen LogP contribution >= 0.6 is 11.6 Å². The van der Waals surface area contributed by atoms with Gasteiger partial charge in [-0.1, -0.05) is 41.9 Å². The van der Waals surface area contributed by atoms with Gasteiger partial charge in [0.1, 0.15) is 11.6 Å². The number of fused-ring (bicyclic) bond motifs is 1. The Morgan fingerprint density at radius 1 is 1.17 bits per heavy atom. The number of ether oxygens (including phenoxy) is 2. The number of carbonyl (C=O) groups excluding carboxylic acids is 1. The lowest BCUT2D eigenvalue weighted by atomic mass is 9.80. The van der Waals surface area contributed by atoms with Gasteiger partial charge >= 0.3 is 6.61 Å². The second-order valence-electron chi connectivity index (χ2n) is 10.9. The van der Waals surface area contributed by atoms with Gasteiger partial charge in [0.25, 0.3) is 0 Å². The van der Waals surface area contributed by atoms with Crippen LogP contribution in [0.25, 0.3) is 11.1 Å². The number of hydrogen-bond acceptors (Lipinski definition) is 5. The summed E-state index contributed by atoms with van der Waals surface area (Å²) in [5.74, 6) is -4.15. The van der Waals surface area contributed by atoms with Gasteiger partial charge in [-0.05, 0) is 50.3 Å². The maximum Gasteiger partial charge on any atom is 0.387 e. The molecule has 218 valence electrons. The average molecular weight is 593 g/mol. The molecule has 5 rings (SSSR count). The highest BCUT2D eigenvalue weighted by molar-refractivity contribution is 6.34. The summed E-state index contributed by atoms with van der Waals surface area (Å²) in [7, 11) is 0. The quantitative estimate of drug-likeness (QED) is 0.275. The highest BCUT2D eigenvalue weighted by Gasteiger charge is 2.45. The summed E-state index contributed by atoms with van der Waals surface area (Å²) in [6.07, 6.45) is 2.45. The lowest BCUT2D eigenvalue weighted by molar-refractivity contribution is -0.0521. The number of nitrogens with two attached hydrogens (primary N) is 1. The fourth-order valence-corrected chi connectivity index (χ4v) is 6.03. The lowest BCUT2D eigenvalue weighted by Crippen LogP contribution is -2.53. The minimum Gasteiger partial charge on any atom is -0.480 e. The molecule has 0 aromatic heterocycles. The zero-order valence-electron chi connectivity index (χ0n) is 22.2. The third-order valence-electron chi connectivity index (χ3n) is 8.05. The second kappa shape index (κ2) is 11.2. The van der Waals surface area contributed by atoms with Crippen LogP contribution in [-0.4, -0.2) is 35.8 Å². The summed E-state index contributed by atoms with van der Waals surface area (Å²) < 4.78 is 67.9. The lowest BCUT2D eigenvalue weighted by Gasteiger charge is -2.40. The van der Waals surface area contributed by atoms with Crippen LogP contribution in [-0.2, 0) is 12.0 Å². The van der Waals surface area contributed by atoms with Gasteiger partial charge in [0.15, 0.2) is 17.2 Å². The van der Waals surface area contributed by atoms with E-state index in [1.165, 1.54) is 0 Å². The summed E-state index contributed by atoms with van der Waals surface area (Å²) in [5.41, 5.74) is 3.97. The molecule has 0 bridgehead atoms. The maximum absolute atomic E-state index is 15.8. The summed E-state index contributed by atoms with van der Waals surface area (Å²) in [4.78, 5) is 12.3. The zero-order valence-corrected chi connectivity index (χ0v) is 22.9. The molecule has 41 heavy (non-hydrogen) atoms. The number of benzene rings is 3. The van der Waals surface area contributed by atoms with Crippen molar-refractivity contribution < 1.29 is 36.9 Å². The van der Waals surface area contributed by atoms with E-state index in [4.69, 9.17) is 22.1 Å². The van der Waals surface area contributed by atoms with E-state index in [1.807, 2.05) is 30.3 Å². The Labute approximate surface area is 239 Å². The van der Waals surface area contributed by atoms with Crippen molar-refractivity contribution in [3.8, 4) is 22.6 Å². The van der Waals surface area contributed by atoms with Crippen LogP contribution in [0, 0.1) is 11.6 Å². The van der Waals surface area contributed by atoms with E-state index in [2.05, 4.69) is 17.0 Å². The Hall–Kier alpha value is -3.34. The molecular weight excluding hydrogens is 564 g/mol. The van der Waals surface area contributed by atoms with E-state index >= 15 is 8.78 Å². The predicted molar refractivity (Wildman–Crippen MR) is 145 cm³/mol. The van der Waals surface area contributed by atoms with Crippen molar-refractivity contribution in [1.82, 2.24) is 5.32 Å². The smallest absolute Gasteiger partial charge is 0.387 e. The van der Waals surface area contributed by atoms with Gasteiger partial charge in [0.2, 0.25) is 5.91 Å². The maximum atomic E-state index is 15.8. The first-order valence-electron chi connectivity index (χ1n) is 13.2. The number of carbonyl (C=O) groups is 1. The van der Waals surface area contributed by atoms with Crippen LogP contribution in [0.4, 0.5) is 17.6 Å². The van der Waals surface area contributed by atoms with Gasteiger partial charge in [-0.2, -0.15) is 8.78 Å². The van der Waals surface area contributed by atoms with Crippen molar-refractivity contribution in [2.24, 2.45) is 5.73 Å². The number of amides is 1. The van der Waals surface area contributed by atoms with E-state index in [-0.39, 0.29) is 47.0 Å². The number of aliphatic hydroxyl groups excluding tert-OH is 1. The van der Waals surface area contributed by atoms with Crippen molar-refractivity contribution in [3.05, 3.63) is 81.9 Å². The summed E-state index contributed by atoms with van der Waals surface area (Å²) >= 11 is 6.41. The first kappa shape index (κ1) is 29.2. The van der Waals surface area contributed by atoms with E-state index in [1.54, 1.807) is 0 Å². The van der Waals surface area contributed by atoms with E-state index in [0.29, 0.717) is 12.8 Å². The Balaban J connectivity index is 1.64. The van der Waals surface area contributed by atoms with Crippen LogP contribution in [0.15, 0.2) is 48.5 Å². The standard InChI is InChI=1S/C30H29ClF4N2O4/c1-29(11-9-17(38)10-12-29)37-15-30(16-5-3-2-4-6-16)14-19-22(41-30)13-20(32)25(31)23(19)24-18(27(36)39)7-8-21(26(24)33)40-28(34)35/h2-8,13,17,28,37-38H,9-12,14-15H2,1H3,(H2,36,39)/t17-,29-,30-/m1/s1. The molecule has 0 radical (unpaired) electrons. The minimum absolute atomic E-state index is 0.0618. The molecule has 6 nitrogen and oxygen atoms in total. The van der Waals surface area contributed by atoms with Crippen molar-refractivity contribution in [1.29, 1.82) is 0 Å². The first-order valence-corrected chi connectivity index (χ1v) is 13.6. The van der Waals surface area contributed by atoms with Crippen molar-refractivity contribution in [2.45, 2.75) is 62.9 Å². The molecule has 0 spiro atoms. The fourth-order valence-electron chi connectivity index (χ4n) is 5.77. The average Bonchev–Trinajstić information content (AvgIpc) is 3.31. The largest absolute Gasteiger partial charge is 0.480 e. The Bertz CT molecular complexity index is 1460. The highest BCUT2D eigenvalue weighted by Crippen LogP contribution is 2.51. The Morgan fingerprint density at radius 3 is 2.49 bits per heavy atom. The topological polar surface area (TPSA) is 93.8 Å². The molecule has 0 saturated heterocycles. The van der Waals surface area contributed by atoms with Crippen molar-refractivity contribution in [3.63, 3.8) is 0 Å². The van der Waals surface area contributed by atoms with Crippen LogP contribution < -0.4 is 20.5 Å². The molecule has 11 heteroatoms. The second-order valence-corrected chi connectivity index (χ2v) is 11.2. The number of aliphatic hydroxyl groups is 1. The molecule has 3 aromatic rings. The molecule has 1 fully saturated rings. The number of primary amides is 1. The number of alkyl halides is 2. The first-order chi connectivity index (χ1) is 19.4. The van der Waals surface area contributed by atoms with Crippen LogP contribution in [0.2, 0.25) is 5.02 Å². The van der Waals surface area contributed by atoms with E-state index < -0.39 is 46.1 Å². The molecule has 1 atom stereocenters. The Kier molecular flexibility index (Phi) is 7.93. The van der Waals surface area contributed by atoms with Gasteiger partial charge in [-0.15, -0.1) is 0 Å². The molecule has 0 unspecified atom stereocenters. The fraction of sp³-hybridized carbons (Fsp3) is 0.367. The monoisotopic (exact) mass is 592 g/mol. The Morgan fingerprint density at radius 2 is 1.85 bits per heavy atom. The molecule has 4 N–H and O–H groups in total. The molecule has 1 amide bonds. The summed E-state index contributed by atoms with van der Waals surface area (Å²) in [6, 6.07) is 12.2. The molecule has 1 saturated carbocycles. The number of halogens is 5. The van der Waals surface area contributed by atoms with Crippen LogP contribution in [0.3, 0.4) is 0 Å². The van der Waals surface area contributed by atoms with E-state index in [9.17, 15) is 18.7 Å². The van der Waals surface area contributed by atoms with Gasteiger partial charge in [-0.3, -0.25) is 4.79 Å². The normalized spacial score (nSPS) is 23.8. The van der Waals surface area contributed by atoms with Crippen LogP contribution in [0.1, 0.15) is 54.1 Å². The summed E-state index contributed by atoms with van der Waals surface area (Å²) in [5, 5.41) is 13.1. The predicted octanol–water partition coefficient (Wildman–Crippen LogP) is 6.10. The zero-order chi connectivity index (χ0) is 29.5. The molecule has 3 aromatic carbocycles. The molecule has 1 aliphatic carbocycles. The minimum atomic E-state index is -3.35. The number of hydrogen-bond donors (Lipinski definition) is 3. The van der Waals surface area contributed by atoms with Gasteiger partial charge in [0.05, 0.1) is 16.7 Å². The van der Waals surface area contributed by atoms with Crippen molar-refractivity contribution >= 4 is 17.5 Å². The SMILES string of the molecule is C[C@]1(NC[C@@]2(c3ccccc3)Cc3c(cc(F)c(Cl)c3-c3c(C(N)=O)ccc(OC(F)F)c3F)O2)CC[C@H](O)CC1. The molecule has 1 aliphatic heterocycles.